The maximum absolute atomic E-state index is 13.2. The highest BCUT2D eigenvalue weighted by Gasteiger charge is 2.25. The summed E-state index contributed by atoms with van der Waals surface area (Å²) in [5.41, 5.74) is 6.44. The normalized spacial score (nSPS) is 19.9. The minimum Gasteiger partial charge on any atom is -0.358 e. The van der Waals surface area contributed by atoms with Gasteiger partial charge in [0.25, 0.3) is 0 Å². The summed E-state index contributed by atoms with van der Waals surface area (Å²) in [4.78, 5) is 8.78. The SMILES string of the molecule is CCN1CCCC1CN(C)c1ncc(F)cc1CN. The highest BCUT2D eigenvalue weighted by atomic mass is 19.1. The summed E-state index contributed by atoms with van der Waals surface area (Å²) in [6, 6.07) is 2.04. The molecule has 1 aromatic heterocycles. The molecule has 0 spiro atoms. The summed E-state index contributed by atoms with van der Waals surface area (Å²) < 4.78 is 13.2. The second-order valence-corrected chi connectivity index (χ2v) is 5.15. The number of pyridine rings is 1. The standard InChI is InChI=1S/C14H23FN4/c1-3-19-6-4-5-13(19)10-18(2)14-11(8-16)7-12(15)9-17-14/h7,9,13H,3-6,8,10,16H2,1-2H3. The molecule has 2 heterocycles. The number of likely N-dealkylation sites (tertiary alicyclic amines) is 1. The Hall–Kier alpha value is -1.20. The molecule has 19 heavy (non-hydrogen) atoms. The first-order valence-corrected chi connectivity index (χ1v) is 6.95. The van der Waals surface area contributed by atoms with Crippen LogP contribution < -0.4 is 10.6 Å². The molecule has 1 aliphatic heterocycles. The monoisotopic (exact) mass is 266 g/mol. The van der Waals surface area contributed by atoms with Crippen molar-refractivity contribution in [1.29, 1.82) is 0 Å². The van der Waals surface area contributed by atoms with Crippen LogP contribution in [-0.2, 0) is 6.54 Å². The number of rotatable bonds is 5. The third-order valence-electron chi connectivity index (χ3n) is 3.88. The molecule has 0 amide bonds. The molecule has 2 rings (SSSR count). The fraction of sp³-hybridized carbons (Fsp3) is 0.643. The number of likely N-dealkylation sites (N-methyl/N-ethyl adjacent to an activating group) is 2. The van der Waals surface area contributed by atoms with Gasteiger partial charge in [-0.2, -0.15) is 0 Å². The van der Waals surface area contributed by atoms with Crippen LogP contribution in [0.5, 0.6) is 0 Å². The van der Waals surface area contributed by atoms with E-state index in [0.717, 1.165) is 24.5 Å². The Morgan fingerprint density at radius 1 is 1.58 bits per heavy atom. The summed E-state index contributed by atoms with van der Waals surface area (Å²) in [7, 11) is 2.01. The van der Waals surface area contributed by atoms with Gasteiger partial charge in [0, 0.05) is 31.7 Å². The Bertz CT molecular complexity index is 424. The number of nitrogens with two attached hydrogens (primary N) is 1. The molecule has 0 aliphatic carbocycles. The zero-order valence-electron chi connectivity index (χ0n) is 11.8. The Morgan fingerprint density at radius 2 is 2.37 bits per heavy atom. The molecule has 1 aliphatic rings. The number of aromatic nitrogens is 1. The third kappa shape index (κ3) is 3.22. The van der Waals surface area contributed by atoms with Crippen molar-refractivity contribution in [3.05, 3.63) is 23.6 Å². The van der Waals surface area contributed by atoms with Gasteiger partial charge in [-0.3, -0.25) is 4.90 Å². The van der Waals surface area contributed by atoms with Gasteiger partial charge in [0.15, 0.2) is 0 Å². The lowest BCUT2D eigenvalue weighted by molar-refractivity contribution is 0.270. The van der Waals surface area contributed by atoms with Gasteiger partial charge in [-0.05, 0) is 32.0 Å². The van der Waals surface area contributed by atoms with Crippen molar-refractivity contribution in [1.82, 2.24) is 9.88 Å². The van der Waals surface area contributed by atoms with E-state index in [4.69, 9.17) is 5.73 Å². The van der Waals surface area contributed by atoms with Gasteiger partial charge in [0.2, 0.25) is 0 Å². The average Bonchev–Trinajstić information content (AvgIpc) is 2.85. The van der Waals surface area contributed by atoms with Crippen LogP contribution in [0.3, 0.4) is 0 Å². The topological polar surface area (TPSA) is 45.4 Å². The molecule has 0 bridgehead atoms. The van der Waals surface area contributed by atoms with Crippen LogP contribution in [0.15, 0.2) is 12.3 Å². The van der Waals surface area contributed by atoms with E-state index >= 15 is 0 Å². The van der Waals surface area contributed by atoms with Crippen molar-refractivity contribution >= 4 is 5.82 Å². The number of anilines is 1. The maximum Gasteiger partial charge on any atom is 0.141 e. The highest BCUT2D eigenvalue weighted by Crippen LogP contribution is 2.22. The van der Waals surface area contributed by atoms with Crippen molar-refractivity contribution in [2.75, 3.05) is 31.6 Å². The Balaban J connectivity index is 2.09. The van der Waals surface area contributed by atoms with Gasteiger partial charge in [-0.1, -0.05) is 6.92 Å². The molecule has 1 fully saturated rings. The Morgan fingerprint density at radius 3 is 3.05 bits per heavy atom. The van der Waals surface area contributed by atoms with Gasteiger partial charge in [-0.15, -0.1) is 0 Å². The molecule has 5 heteroatoms. The van der Waals surface area contributed by atoms with Gasteiger partial charge in [0.1, 0.15) is 11.6 Å². The second-order valence-electron chi connectivity index (χ2n) is 5.15. The molecule has 4 nitrogen and oxygen atoms in total. The summed E-state index contributed by atoms with van der Waals surface area (Å²) in [5, 5.41) is 0. The number of hydrogen-bond donors (Lipinski definition) is 1. The first kappa shape index (κ1) is 14.2. The number of hydrogen-bond acceptors (Lipinski definition) is 4. The van der Waals surface area contributed by atoms with Gasteiger partial charge in [0.05, 0.1) is 6.20 Å². The van der Waals surface area contributed by atoms with Crippen molar-refractivity contribution < 1.29 is 4.39 Å². The van der Waals surface area contributed by atoms with Crippen LogP contribution in [0.4, 0.5) is 10.2 Å². The fourth-order valence-corrected chi connectivity index (χ4v) is 2.89. The van der Waals surface area contributed by atoms with E-state index in [0.29, 0.717) is 12.6 Å². The van der Waals surface area contributed by atoms with Crippen LogP contribution >= 0.6 is 0 Å². The zero-order chi connectivity index (χ0) is 13.8. The van der Waals surface area contributed by atoms with Crippen LogP contribution in [0, 0.1) is 5.82 Å². The van der Waals surface area contributed by atoms with Crippen LogP contribution in [0.1, 0.15) is 25.3 Å². The van der Waals surface area contributed by atoms with Crippen molar-refractivity contribution in [3.63, 3.8) is 0 Å². The minimum absolute atomic E-state index is 0.312. The van der Waals surface area contributed by atoms with Crippen LogP contribution in [0.2, 0.25) is 0 Å². The molecular weight excluding hydrogens is 243 g/mol. The van der Waals surface area contributed by atoms with E-state index < -0.39 is 0 Å². The van der Waals surface area contributed by atoms with Gasteiger partial charge >= 0.3 is 0 Å². The lowest BCUT2D eigenvalue weighted by Crippen LogP contribution is -2.39. The van der Waals surface area contributed by atoms with E-state index in [1.54, 1.807) is 0 Å². The average molecular weight is 266 g/mol. The molecule has 1 aromatic rings. The lowest BCUT2D eigenvalue weighted by atomic mass is 10.2. The largest absolute Gasteiger partial charge is 0.358 e. The maximum atomic E-state index is 13.2. The molecule has 106 valence electrons. The fourth-order valence-electron chi connectivity index (χ4n) is 2.89. The molecule has 2 N–H and O–H groups in total. The smallest absolute Gasteiger partial charge is 0.141 e. The van der Waals surface area contributed by atoms with E-state index in [-0.39, 0.29) is 5.82 Å². The number of nitrogens with zero attached hydrogens (tertiary/aromatic N) is 3. The molecular formula is C14H23FN4. The quantitative estimate of drug-likeness (QED) is 0.879. The molecule has 1 saturated heterocycles. The predicted octanol–water partition coefficient (Wildman–Crippen LogP) is 1.60. The zero-order valence-corrected chi connectivity index (χ0v) is 11.8. The number of halogens is 1. The molecule has 1 atom stereocenters. The molecule has 0 saturated carbocycles. The first-order chi connectivity index (χ1) is 9.15. The highest BCUT2D eigenvalue weighted by molar-refractivity contribution is 5.46. The predicted molar refractivity (Wildman–Crippen MR) is 75.6 cm³/mol. The van der Waals surface area contributed by atoms with Crippen LogP contribution in [0.25, 0.3) is 0 Å². The van der Waals surface area contributed by atoms with Crippen molar-refractivity contribution in [2.24, 2.45) is 5.73 Å². The van der Waals surface area contributed by atoms with E-state index in [1.807, 2.05) is 7.05 Å². The summed E-state index contributed by atoms with van der Waals surface area (Å²) in [5.74, 6) is 0.473. The molecule has 0 radical (unpaired) electrons. The summed E-state index contributed by atoms with van der Waals surface area (Å²) >= 11 is 0. The molecule has 1 unspecified atom stereocenters. The van der Waals surface area contributed by atoms with E-state index in [1.165, 1.54) is 31.6 Å². The van der Waals surface area contributed by atoms with Crippen molar-refractivity contribution in [2.45, 2.75) is 32.4 Å². The van der Waals surface area contributed by atoms with Gasteiger partial charge < -0.3 is 10.6 Å². The van der Waals surface area contributed by atoms with Gasteiger partial charge in [-0.25, -0.2) is 9.37 Å². The molecule has 0 aromatic carbocycles. The summed E-state index contributed by atoms with van der Waals surface area (Å²) in [6.07, 6.45) is 3.74. The lowest BCUT2D eigenvalue weighted by Gasteiger charge is -2.29. The second kappa shape index (κ2) is 6.30. The summed E-state index contributed by atoms with van der Waals surface area (Å²) in [6.45, 7) is 5.68. The Labute approximate surface area is 114 Å². The third-order valence-corrected chi connectivity index (χ3v) is 3.88. The van der Waals surface area contributed by atoms with E-state index in [2.05, 4.69) is 21.7 Å². The minimum atomic E-state index is -0.325. The van der Waals surface area contributed by atoms with E-state index in [9.17, 15) is 4.39 Å². The first-order valence-electron chi connectivity index (χ1n) is 6.95. The van der Waals surface area contributed by atoms with Crippen LogP contribution in [-0.4, -0.2) is 42.6 Å². The Kier molecular flexibility index (Phi) is 4.71. The van der Waals surface area contributed by atoms with Crippen molar-refractivity contribution in [3.8, 4) is 0 Å².